The highest BCUT2D eigenvalue weighted by atomic mass is 32.2. The fourth-order valence-corrected chi connectivity index (χ4v) is 4.73. The number of benzene rings is 1. The zero-order valence-corrected chi connectivity index (χ0v) is 15.8. The third-order valence-corrected chi connectivity index (χ3v) is 6.55. The number of piperazine rings is 1. The van der Waals surface area contributed by atoms with Gasteiger partial charge in [-0.05, 0) is 25.1 Å². The fourth-order valence-electron chi connectivity index (χ4n) is 3.27. The molecule has 0 N–H and O–H groups in total. The number of nitrogens with zero attached hydrogens (tertiary/aromatic N) is 6. The molecule has 1 aromatic carbocycles. The Hall–Kier alpha value is -2.59. The summed E-state index contributed by atoms with van der Waals surface area (Å²) in [7, 11) is -1.90. The second-order valence-corrected chi connectivity index (χ2v) is 8.39. The Kier molecular flexibility index (Phi) is 4.31. The summed E-state index contributed by atoms with van der Waals surface area (Å²) in [6.45, 7) is 3.37. The molecule has 0 spiro atoms. The number of anilines is 1. The van der Waals surface area contributed by atoms with Gasteiger partial charge in [0, 0.05) is 33.2 Å². The molecule has 10 heteroatoms. The van der Waals surface area contributed by atoms with Gasteiger partial charge in [-0.3, -0.25) is 4.68 Å². The van der Waals surface area contributed by atoms with Crippen LogP contribution in [0, 0.1) is 12.7 Å². The van der Waals surface area contributed by atoms with Gasteiger partial charge in [-0.25, -0.2) is 22.8 Å². The highest BCUT2D eigenvalue weighted by Gasteiger charge is 2.30. The number of aryl methyl sites for hydroxylation is 2. The van der Waals surface area contributed by atoms with Crippen LogP contribution in [0.4, 0.5) is 10.2 Å². The molecule has 0 amide bonds. The number of aromatic nitrogens is 4. The van der Waals surface area contributed by atoms with E-state index in [4.69, 9.17) is 0 Å². The van der Waals surface area contributed by atoms with E-state index >= 15 is 0 Å². The van der Waals surface area contributed by atoms with Gasteiger partial charge in [-0.1, -0.05) is 6.07 Å². The molecule has 3 aromatic rings. The lowest BCUT2D eigenvalue weighted by molar-refractivity contribution is 0.384. The van der Waals surface area contributed by atoms with Crippen molar-refractivity contribution in [3.05, 3.63) is 42.1 Å². The lowest BCUT2D eigenvalue weighted by atomic mass is 10.3. The average molecular weight is 390 g/mol. The Morgan fingerprint density at radius 3 is 2.56 bits per heavy atom. The summed E-state index contributed by atoms with van der Waals surface area (Å²) in [5, 5.41) is 5.08. The van der Waals surface area contributed by atoms with Gasteiger partial charge in [0.2, 0.25) is 10.0 Å². The third-order valence-electron chi connectivity index (χ3n) is 4.66. The number of halogens is 1. The molecule has 8 nitrogen and oxygen atoms in total. The number of rotatable bonds is 3. The highest BCUT2D eigenvalue weighted by molar-refractivity contribution is 7.89. The van der Waals surface area contributed by atoms with Crippen molar-refractivity contribution in [3.63, 3.8) is 0 Å². The fraction of sp³-hybridized carbons (Fsp3) is 0.353. The number of hydrogen-bond acceptors (Lipinski definition) is 6. The lowest BCUT2D eigenvalue weighted by Gasteiger charge is -2.34. The van der Waals surface area contributed by atoms with Crippen molar-refractivity contribution in [2.75, 3.05) is 31.1 Å². The van der Waals surface area contributed by atoms with Crippen molar-refractivity contribution in [3.8, 4) is 0 Å². The Morgan fingerprint density at radius 2 is 1.85 bits per heavy atom. The molecular weight excluding hydrogens is 371 g/mol. The second kappa shape index (κ2) is 6.54. The topological polar surface area (TPSA) is 84.2 Å². The minimum absolute atomic E-state index is 0.0246. The van der Waals surface area contributed by atoms with E-state index < -0.39 is 15.8 Å². The maximum atomic E-state index is 13.4. The molecule has 3 heterocycles. The van der Waals surface area contributed by atoms with Crippen molar-refractivity contribution in [2.45, 2.75) is 11.8 Å². The Morgan fingerprint density at radius 1 is 1.11 bits per heavy atom. The summed E-state index contributed by atoms with van der Waals surface area (Å²) in [5.41, 5.74) is 0.743. The summed E-state index contributed by atoms with van der Waals surface area (Å²) < 4.78 is 42.0. The van der Waals surface area contributed by atoms with E-state index in [9.17, 15) is 12.8 Å². The van der Waals surface area contributed by atoms with Gasteiger partial charge in [0.1, 0.15) is 17.5 Å². The van der Waals surface area contributed by atoms with Gasteiger partial charge in [0.25, 0.3) is 0 Å². The Balaban J connectivity index is 1.58. The molecule has 0 atom stereocenters. The normalized spacial score (nSPS) is 16.2. The van der Waals surface area contributed by atoms with Gasteiger partial charge in [-0.15, -0.1) is 0 Å². The molecule has 4 rings (SSSR count). The first-order valence-electron chi connectivity index (χ1n) is 8.53. The van der Waals surface area contributed by atoms with Crippen molar-refractivity contribution in [2.24, 2.45) is 7.05 Å². The molecule has 2 aromatic heterocycles. The van der Waals surface area contributed by atoms with Gasteiger partial charge in [0.05, 0.1) is 16.5 Å². The molecule has 27 heavy (non-hydrogen) atoms. The molecule has 1 fully saturated rings. The van der Waals surface area contributed by atoms with Crippen molar-refractivity contribution < 1.29 is 12.8 Å². The predicted octanol–water partition coefficient (Wildman–Crippen LogP) is 1.32. The molecule has 1 aliphatic heterocycles. The minimum atomic E-state index is -3.72. The van der Waals surface area contributed by atoms with E-state index in [0.29, 0.717) is 32.0 Å². The molecule has 0 bridgehead atoms. The van der Waals surface area contributed by atoms with E-state index in [1.54, 1.807) is 10.9 Å². The van der Waals surface area contributed by atoms with Gasteiger partial charge < -0.3 is 4.90 Å². The van der Waals surface area contributed by atoms with Crippen LogP contribution in [0.1, 0.15) is 5.82 Å². The summed E-state index contributed by atoms with van der Waals surface area (Å²) in [5.74, 6) is 0.828. The maximum absolute atomic E-state index is 13.4. The van der Waals surface area contributed by atoms with E-state index in [2.05, 4.69) is 15.1 Å². The summed E-state index contributed by atoms with van der Waals surface area (Å²) in [6.07, 6.45) is 1.72. The van der Waals surface area contributed by atoms with Crippen molar-refractivity contribution >= 4 is 26.9 Å². The first kappa shape index (κ1) is 17.8. The third kappa shape index (κ3) is 3.15. The standard InChI is InChI=1S/C17H19FN6O2S/c1-12-20-16-15(11-19-22(16)2)17(21-12)23-6-8-24(9-7-23)27(25,26)14-5-3-4-13(18)10-14/h3-5,10-11H,6-9H2,1-2H3. The zero-order chi connectivity index (χ0) is 19.2. The maximum Gasteiger partial charge on any atom is 0.243 e. The Bertz CT molecular complexity index is 1110. The first-order chi connectivity index (χ1) is 12.9. The number of fused-ring (bicyclic) bond motifs is 1. The molecule has 0 aliphatic carbocycles. The van der Waals surface area contributed by atoms with E-state index in [-0.39, 0.29) is 4.90 Å². The first-order valence-corrected chi connectivity index (χ1v) is 9.97. The monoisotopic (exact) mass is 390 g/mol. The highest BCUT2D eigenvalue weighted by Crippen LogP contribution is 2.26. The Labute approximate surface area is 156 Å². The van der Waals surface area contributed by atoms with Crippen LogP contribution >= 0.6 is 0 Å². The second-order valence-electron chi connectivity index (χ2n) is 6.45. The minimum Gasteiger partial charge on any atom is -0.353 e. The molecule has 0 saturated carbocycles. The lowest BCUT2D eigenvalue weighted by Crippen LogP contribution is -2.49. The SMILES string of the molecule is Cc1nc(N2CCN(S(=O)(=O)c3cccc(F)c3)CC2)c2cnn(C)c2n1. The van der Waals surface area contributed by atoms with Crippen LogP contribution in [-0.4, -0.2) is 58.7 Å². The smallest absolute Gasteiger partial charge is 0.243 e. The number of sulfonamides is 1. The van der Waals surface area contributed by atoms with E-state index in [0.717, 1.165) is 22.9 Å². The van der Waals surface area contributed by atoms with Crippen LogP contribution < -0.4 is 4.90 Å². The quantitative estimate of drug-likeness (QED) is 0.671. The van der Waals surface area contributed by atoms with Crippen molar-refractivity contribution in [1.82, 2.24) is 24.1 Å². The van der Waals surface area contributed by atoms with Crippen LogP contribution in [0.2, 0.25) is 0 Å². The molecule has 1 saturated heterocycles. The summed E-state index contributed by atoms with van der Waals surface area (Å²) in [4.78, 5) is 11.0. The molecule has 0 radical (unpaired) electrons. The van der Waals surface area contributed by atoms with Gasteiger partial charge in [-0.2, -0.15) is 9.40 Å². The average Bonchev–Trinajstić information content (AvgIpc) is 3.02. The molecular formula is C17H19FN6O2S. The van der Waals surface area contributed by atoms with Gasteiger partial charge >= 0.3 is 0 Å². The number of hydrogen-bond donors (Lipinski definition) is 0. The predicted molar refractivity (Wildman–Crippen MR) is 98.4 cm³/mol. The van der Waals surface area contributed by atoms with Crippen LogP contribution in [0.15, 0.2) is 35.4 Å². The zero-order valence-electron chi connectivity index (χ0n) is 15.0. The van der Waals surface area contributed by atoms with Gasteiger partial charge in [0.15, 0.2) is 5.65 Å². The van der Waals surface area contributed by atoms with E-state index in [1.807, 2.05) is 18.9 Å². The van der Waals surface area contributed by atoms with Crippen molar-refractivity contribution in [1.29, 1.82) is 0 Å². The van der Waals surface area contributed by atoms with E-state index in [1.165, 1.54) is 22.5 Å². The molecule has 142 valence electrons. The molecule has 1 aliphatic rings. The molecule has 0 unspecified atom stereocenters. The van der Waals surface area contributed by atoms with Crippen LogP contribution in [0.5, 0.6) is 0 Å². The largest absolute Gasteiger partial charge is 0.353 e. The van der Waals surface area contributed by atoms with Crippen LogP contribution in [-0.2, 0) is 17.1 Å². The summed E-state index contributed by atoms with van der Waals surface area (Å²) >= 11 is 0. The summed E-state index contributed by atoms with van der Waals surface area (Å²) in [6, 6.07) is 5.10. The van der Waals surface area contributed by atoms with Crippen LogP contribution in [0.25, 0.3) is 11.0 Å². The van der Waals surface area contributed by atoms with Crippen LogP contribution in [0.3, 0.4) is 0 Å².